The number of nitrogens with zero attached hydrogens (tertiary/aromatic N) is 1. The molecule has 3 rings (SSSR count). The van der Waals surface area contributed by atoms with Gasteiger partial charge in [-0.05, 0) is 66.5 Å². The summed E-state index contributed by atoms with van der Waals surface area (Å²) in [6.45, 7) is 13.5. The van der Waals surface area contributed by atoms with E-state index < -0.39 is 0 Å². The molecule has 0 aliphatic carbocycles. The number of hydrogen-bond donors (Lipinski definition) is 0. The average molecular weight is 359 g/mol. The van der Waals surface area contributed by atoms with Gasteiger partial charge in [0.05, 0.1) is 0 Å². The molecule has 0 fully saturated rings. The quantitative estimate of drug-likeness (QED) is 0.480. The van der Waals surface area contributed by atoms with Gasteiger partial charge >= 0.3 is 0 Å². The number of hydrogen-bond acceptors (Lipinski definition) is 0. The van der Waals surface area contributed by atoms with Gasteiger partial charge in [0, 0.05) is 17.2 Å². The van der Waals surface area contributed by atoms with Crippen molar-refractivity contribution in [1.29, 1.82) is 0 Å². The molecular formula is C26H32N+. The predicted octanol–water partition coefficient (Wildman–Crippen LogP) is 6.36. The molecule has 0 unspecified atom stereocenters. The molecule has 1 aromatic heterocycles. The van der Waals surface area contributed by atoms with Crippen LogP contribution in [0.5, 0.6) is 0 Å². The van der Waals surface area contributed by atoms with E-state index in [1.54, 1.807) is 0 Å². The van der Waals surface area contributed by atoms with Crippen LogP contribution in [0.4, 0.5) is 0 Å². The largest absolute Gasteiger partial charge is 0.212 e. The van der Waals surface area contributed by atoms with Crippen molar-refractivity contribution in [2.45, 2.75) is 48.0 Å². The molecule has 0 amide bonds. The molecule has 0 bridgehead atoms. The molecule has 2 aromatic carbocycles. The van der Waals surface area contributed by atoms with Gasteiger partial charge in [-0.1, -0.05) is 57.2 Å². The van der Waals surface area contributed by atoms with Crippen molar-refractivity contribution < 1.29 is 4.57 Å². The second-order valence-corrected chi connectivity index (χ2v) is 9.06. The van der Waals surface area contributed by atoms with Gasteiger partial charge < -0.3 is 0 Å². The zero-order chi connectivity index (χ0) is 19.8. The summed E-state index contributed by atoms with van der Waals surface area (Å²) >= 11 is 0. The Bertz CT molecular complexity index is 974. The van der Waals surface area contributed by atoms with E-state index in [9.17, 15) is 0 Å². The first-order valence-electron chi connectivity index (χ1n) is 9.82. The van der Waals surface area contributed by atoms with Gasteiger partial charge in [-0.2, -0.15) is 0 Å². The van der Waals surface area contributed by atoms with Gasteiger partial charge in [-0.3, -0.25) is 0 Å². The van der Waals surface area contributed by atoms with Crippen LogP contribution in [0.3, 0.4) is 0 Å². The lowest BCUT2D eigenvalue weighted by Crippen LogP contribution is -2.32. The predicted molar refractivity (Wildman–Crippen MR) is 116 cm³/mol. The van der Waals surface area contributed by atoms with Crippen LogP contribution in [0.15, 0.2) is 54.7 Å². The average Bonchev–Trinajstić information content (AvgIpc) is 2.58. The summed E-state index contributed by atoms with van der Waals surface area (Å²) in [6, 6.07) is 17.8. The second kappa shape index (κ2) is 7.31. The first-order valence-corrected chi connectivity index (χ1v) is 9.82. The summed E-state index contributed by atoms with van der Waals surface area (Å²) in [7, 11) is 2.17. The van der Waals surface area contributed by atoms with Crippen LogP contribution < -0.4 is 4.57 Å². The zero-order valence-corrected chi connectivity index (χ0v) is 17.9. The highest BCUT2D eigenvalue weighted by Crippen LogP contribution is 2.31. The molecule has 0 aliphatic heterocycles. The first kappa shape index (κ1) is 19.4. The lowest BCUT2D eigenvalue weighted by atomic mass is 9.86. The molecular weight excluding hydrogens is 326 g/mol. The van der Waals surface area contributed by atoms with E-state index in [1.807, 2.05) is 0 Å². The van der Waals surface area contributed by atoms with E-state index in [-0.39, 0.29) is 0 Å². The molecule has 0 aliphatic rings. The third kappa shape index (κ3) is 4.30. The van der Waals surface area contributed by atoms with Crippen LogP contribution in [-0.4, -0.2) is 0 Å². The van der Waals surface area contributed by atoms with Crippen molar-refractivity contribution >= 4 is 0 Å². The van der Waals surface area contributed by atoms with E-state index in [2.05, 4.69) is 108 Å². The Morgan fingerprint density at radius 2 is 1.44 bits per heavy atom. The minimum Gasteiger partial charge on any atom is -0.201 e. The van der Waals surface area contributed by atoms with Gasteiger partial charge in [0.15, 0.2) is 6.20 Å². The topological polar surface area (TPSA) is 3.88 Å². The van der Waals surface area contributed by atoms with Gasteiger partial charge in [-0.15, -0.1) is 0 Å². The summed E-state index contributed by atoms with van der Waals surface area (Å²) in [5, 5.41) is 0. The highest BCUT2D eigenvalue weighted by atomic mass is 14.9. The van der Waals surface area contributed by atoms with E-state index in [0.717, 1.165) is 6.42 Å². The van der Waals surface area contributed by atoms with Crippen LogP contribution in [0.25, 0.3) is 22.4 Å². The Balaban J connectivity index is 2.10. The Hall–Kier alpha value is -2.41. The highest BCUT2D eigenvalue weighted by molar-refractivity contribution is 5.74. The van der Waals surface area contributed by atoms with Crippen LogP contribution in [0.2, 0.25) is 0 Å². The number of rotatable bonds is 3. The Labute approximate surface area is 164 Å². The fraction of sp³-hybridized carbons (Fsp3) is 0.346. The maximum atomic E-state index is 2.35. The Morgan fingerprint density at radius 1 is 0.778 bits per heavy atom. The summed E-state index contributed by atoms with van der Waals surface area (Å²) in [5.74, 6) is 0. The Kier molecular flexibility index (Phi) is 5.24. The molecule has 0 N–H and O–H groups in total. The lowest BCUT2D eigenvalue weighted by molar-refractivity contribution is -0.660. The summed E-state index contributed by atoms with van der Waals surface area (Å²) in [6.07, 6.45) is 3.41. The molecule has 0 atom stereocenters. The monoisotopic (exact) mass is 358 g/mol. The fourth-order valence-electron chi connectivity index (χ4n) is 3.79. The van der Waals surface area contributed by atoms with E-state index >= 15 is 0 Å². The smallest absolute Gasteiger partial charge is 0.201 e. The van der Waals surface area contributed by atoms with Crippen LogP contribution in [0, 0.1) is 26.2 Å². The number of pyridine rings is 1. The second-order valence-electron chi connectivity index (χ2n) is 9.06. The van der Waals surface area contributed by atoms with Crippen LogP contribution in [0.1, 0.15) is 43.0 Å². The third-order valence-corrected chi connectivity index (χ3v) is 5.28. The zero-order valence-electron chi connectivity index (χ0n) is 17.9. The van der Waals surface area contributed by atoms with Crippen LogP contribution >= 0.6 is 0 Å². The number of benzene rings is 2. The maximum Gasteiger partial charge on any atom is 0.212 e. The molecule has 1 heteroatoms. The normalized spacial score (nSPS) is 11.7. The van der Waals surface area contributed by atoms with Gasteiger partial charge in [0.25, 0.3) is 0 Å². The SMILES string of the molecule is Cc1cc(-c2cc(-c3ccccc3C)ccc2C)[n+](C)cc1CC(C)(C)C. The van der Waals surface area contributed by atoms with E-state index in [0.29, 0.717) is 5.41 Å². The third-order valence-electron chi connectivity index (χ3n) is 5.28. The molecule has 1 nitrogen and oxygen atoms in total. The molecule has 27 heavy (non-hydrogen) atoms. The minimum atomic E-state index is 0.292. The van der Waals surface area contributed by atoms with Crippen molar-refractivity contribution in [3.8, 4) is 22.4 Å². The summed E-state index contributed by atoms with van der Waals surface area (Å²) in [5.41, 5.74) is 10.9. The maximum absolute atomic E-state index is 2.35. The van der Waals surface area contributed by atoms with Crippen molar-refractivity contribution in [2.75, 3.05) is 0 Å². The van der Waals surface area contributed by atoms with Crippen molar-refractivity contribution in [1.82, 2.24) is 0 Å². The van der Waals surface area contributed by atoms with Crippen LogP contribution in [-0.2, 0) is 13.5 Å². The summed E-state index contributed by atoms with van der Waals surface area (Å²) in [4.78, 5) is 0. The molecule has 1 heterocycles. The number of aryl methyl sites for hydroxylation is 4. The fourth-order valence-corrected chi connectivity index (χ4v) is 3.79. The minimum absolute atomic E-state index is 0.292. The molecule has 0 saturated heterocycles. The lowest BCUT2D eigenvalue weighted by Gasteiger charge is -2.19. The van der Waals surface area contributed by atoms with Gasteiger partial charge in [0.2, 0.25) is 5.69 Å². The standard InChI is InChI=1S/C26H32N/c1-18-10-8-9-11-23(18)21-13-12-19(2)24(15-21)25-14-20(3)22(17-27(25)7)16-26(4,5)6/h8-15,17H,16H2,1-7H3/q+1. The molecule has 3 aromatic rings. The van der Waals surface area contributed by atoms with Gasteiger partial charge in [-0.25, -0.2) is 4.57 Å². The molecule has 0 saturated carbocycles. The van der Waals surface area contributed by atoms with Gasteiger partial charge in [0.1, 0.15) is 7.05 Å². The number of aromatic nitrogens is 1. The molecule has 140 valence electrons. The van der Waals surface area contributed by atoms with Crippen molar-refractivity contribution in [2.24, 2.45) is 12.5 Å². The summed E-state index contributed by atoms with van der Waals surface area (Å²) < 4.78 is 2.29. The van der Waals surface area contributed by atoms with Crippen molar-refractivity contribution in [3.05, 3.63) is 77.0 Å². The highest BCUT2D eigenvalue weighted by Gasteiger charge is 2.20. The first-order chi connectivity index (χ1) is 12.7. The Morgan fingerprint density at radius 3 is 2.11 bits per heavy atom. The molecule has 0 spiro atoms. The van der Waals surface area contributed by atoms with E-state index in [1.165, 1.54) is 44.6 Å². The van der Waals surface area contributed by atoms with E-state index in [4.69, 9.17) is 0 Å². The molecule has 0 radical (unpaired) electrons. The van der Waals surface area contributed by atoms with Crippen molar-refractivity contribution in [3.63, 3.8) is 0 Å².